The summed E-state index contributed by atoms with van der Waals surface area (Å²) in [6.07, 6.45) is 5.33. The van der Waals surface area contributed by atoms with Crippen LogP contribution < -0.4 is 5.32 Å². The second kappa shape index (κ2) is 4.14. The zero-order valence-corrected chi connectivity index (χ0v) is 9.59. The van der Waals surface area contributed by atoms with Crippen molar-refractivity contribution in [1.29, 1.82) is 0 Å². The highest BCUT2D eigenvalue weighted by Gasteiger charge is 2.39. The lowest BCUT2D eigenvalue weighted by Crippen LogP contribution is -2.33. The van der Waals surface area contributed by atoms with E-state index in [4.69, 9.17) is 4.42 Å². The Morgan fingerprint density at radius 3 is 2.88 bits per heavy atom. The van der Waals surface area contributed by atoms with Gasteiger partial charge in [-0.1, -0.05) is 6.42 Å². The molecule has 0 radical (unpaired) electrons. The first-order chi connectivity index (χ1) is 8.22. The van der Waals surface area contributed by atoms with Gasteiger partial charge in [-0.2, -0.15) is 0 Å². The minimum Gasteiger partial charge on any atom is -0.404 e. The third-order valence-corrected chi connectivity index (χ3v) is 4.10. The van der Waals surface area contributed by atoms with E-state index in [2.05, 4.69) is 5.32 Å². The van der Waals surface area contributed by atoms with Gasteiger partial charge in [0.1, 0.15) is 10.7 Å². The fourth-order valence-electron chi connectivity index (χ4n) is 3.29. The Labute approximate surface area is 99.3 Å². The number of furan rings is 1. The lowest BCUT2D eigenvalue weighted by molar-refractivity contribution is -0.402. The van der Waals surface area contributed by atoms with Crippen LogP contribution in [0.15, 0.2) is 16.5 Å². The van der Waals surface area contributed by atoms with E-state index >= 15 is 0 Å². The minimum absolute atomic E-state index is 0.172. The Kier molecular flexibility index (Phi) is 2.63. The summed E-state index contributed by atoms with van der Waals surface area (Å²) >= 11 is 0. The number of hydrogen-bond donors (Lipinski definition) is 1. The molecule has 2 aliphatic carbocycles. The summed E-state index contributed by atoms with van der Waals surface area (Å²) in [7, 11) is 0. The summed E-state index contributed by atoms with van der Waals surface area (Å²) in [5, 5.41) is 13.9. The zero-order chi connectivity index (χ0) is 11.8. The predicted molar refractivity (Wildman–Crippen MR) is 61.4 cm³/mol. The number of fused-ring (bicyclic) bond motifs is 2. The van der Waals surface area contributed by atoms with E-state index < -0.39 is 4.92 Å². The van der Waals surface area contributed by atoms with Gasteiger partial charge >= 0.3 is 5.88 Å². The molecule has 1 aromatic rings. The molecule has 5 nitrogen and oxygen atoms in total. The van der Waals surface area contributed by atoms with E-state index in [-0.39, 0.29) is 5.88 Å². The predicted octanol–water partition coefficient (Wildman–Crippen LogP) is 2.47. The molecule has 92 valence electrons. The average molecular weight is 236 g/mol. The van der Waals surface area contributed by atoms with Crippen LogP contribution in [0.5, 0.6) is 0 Å². The molecular weight excluding hydrogens is 220 g/mol. The van der Waals surface area contributed by atoms with Gasteiger partial charge in [0.25, 0.3) is 0 Å². The molecule has 5 heteroatoms. The van der Waals surface area contributed by atoms with Crippen LogP contribution in [0.3, 0.4) is 0 Å². The van der Waals surface area contributed by atoms with Gasteiger partial charge in [0.05, 0.1) is 12.6 Å². The van der Waals surface area contributed by atoms with Gasteiger partial charge in [-0.05, 0) is 37.2 Å². The molecule has 1 N–H and O–H groups in total. The largest absolute Gasteiger partial charge is 0.433 e. The molecule has 3 unspecified atom stereocenters. The van der Waals surface area contributed by atoms with E-state index in [1.54, 1.807) is 6.07 Å². The van der Waals surface area contributed by atoms with Crippen molar-refractivity contribution < 1.29 is 9.34 Å². The topological polar surface area (TPSA) is 68.3 Å². The highest BCUT2D eigenvalue weighted by atomic mass is 16.6. The van der Waals surface area contributed by atoms with Gasteiger partial charge in [0, 0.05) is 6.04 Å². The van der Waals surface area contributed by atoms with Gasteiger partial charge in [-0.15, -0.1) is 0 Å². The number of hydrogen-bond acceptors (Lipinski definition) is 4. The van der Waals surface area contributed by atoms with Crippen molar-refractivity contribution in [3.63, 3.8) is 0 Å². The maximum Gasteiger partial charge on any atom is 0.433 e. The van der Waals surface area contributed by atoms with Crippen molar-refractivity contribution in [2.24, 2.45) is 11.8 Å². The Bertz CT molecular complexity index is 429. The maximum atomic E-state index is 10.5. The van der Waals surface area contributed by atoms with Gasteiger partial charge < -0.3 is 9.73 Å². The Morgan fingerprint density at radius 2 is 2.29 bits per heavy atom. The first kappa shape index (κ1) is 10.8. The van der Waals surface area contributed by atoms with Crippen LogP contribution in [0.1, 0.15) is 31.4 Å². The van der Waals surface area contributed by atoms with Crippen LogP contribution in [0.25, 0.3) is 0 Å². The summed E-state index contributed by atoms with van der Waals surface area (Å²) in [5.41, 5.74) is 0. The van der Waals surface area contributed by atoms with Gasteiger partial charge in [-0.3, -0.25) is 10.1 Å². The van der Waals surface area contributed by atoms with Crippen molar-refractivity contribution in [2.75, 3.05) is 0 Å². The summed E-state index contributed by atoms with van der Waals surface area (Å²) < 4.78 is 5.12. The molecular formula is C12H16N2O3. The molecule has 0 amide bonds. The highest BCUT2D eigenvalue weighted by Crippen LogP contribution is 2.44. The van der Waals surface area contributed by atoms with Crippen molar-refractivity contribution in [2.45, 2.75) is 38.3 Å². The van der Waals surface area contributed by atoms with Crippen molar-refractivity contribution in [1.82, 2.24) is 5.32 Å². The van der Waals surface area contributed by atoms with Crippen LogP contribution in [-0.4, -0.2) is 11.0 Å². The third-order valence-electron chi connectivity index (χ3n) is 4.10. The maximum absolute atomic E-state index is 10.5. The van der Waals surface area contributed by atoms with Crippen LogP contribution >= 0.6 is 0 Å². The SMILES string of the molecule is O=[N+]([O-])c1ccc(CNC2CC3CCC2C3)o1. The minimum atomic E-state index is -0.499. The first-order valence-corrected chi connectivity index (χ1v) is 6.19. The first-order valence-electron chi connectivity index (χ1n) is 6.19. The second-order valence-corrected chi connectivity index (χ2v) is 5.16. The lowest BCUT2D eigenvalue weighted by atomic mass is 9.95. The fourth-order valence-corrected chi connectivity index (χ4v) is 3.29. The van der Waals surface area contributed by atoms with Crippen LogP contribution in [0.2, 0.25) is 0 Å². The molecule has 3 rings (SSSR count). The molecule has 0 aliphatic heterocycles. The molecule has 1 aromatic heterocycles. The molecule has 2 fully saturated rings. The highest BCUT2D eigenvalue weighted by molar-refractivity contribution is 5.17. The van der Waals surface area contributed by atoms with Crippen molar-refractivity contribution in [3.05, 3.63) is 28.0 Å². The Morgan fingerprint density at radius 1 is 1.41 bits per heavy atom. The van der Waals surface area contributed by atoms with E-state index in [1.165, 1.54) is 31.7 Å². The summed E-state index contributed by atoms with van der Waals surface area (Å²) in [5.74, 6) is 2.20. The van der Waals surface area contributed by atoms with Crippen molar-refractivity contribution in [3.8, 4) is 0 Å². The standard InChI is InChI=1S/C12H16N2O3/c15-14(16)12-4-3-10(17-12)7-13-11-6-8-1-2-9(11)5-8/h3-4,8-9,11,13H,1-2,5-7H2. The van der Waals surface area contributed by atoms with Crippen molar-refractivity contribution >= 4 is 5.88 Å². The quantitative estimate of drug-likeness (QED) is 0.644. The Hall–Kier alpha value is -1.36. The molecule has 0 saturated heterocycles. The van der Waals surface area contributed by atoms with E-state index in [1.807, 2.05) is 0 Å². The van der Waals surface area contributed by atoms with E-state index in [0.717, 1.165) is 11.8 Å². The van der Waals surface area contributed by atoms with Gasteiger partial charge in [0.15, 0.2) is 0 Å². The van der Waals surface area contributed by atoms with Crippen LogP contribution in [0.4, 0.5) is 5.88 Å². The number of rotatable bonds is 4. The molecule has 1 heterocycles. The summed E-state index contributed by atoms with van der Waals surface area (Å²) in [4.78, 5) is 9.97. The smallest absolute Gasteiger partial charge is 0.404 e. The molecule has 0 aromatic carbocycles. The zero-order valence-electron chi connectivity index (χ0n) is 9.59. The monoisotopic (exact) mass is 236 g/mol. The lowest BCUT2D eigenvalue weighted by Gasteiger charge is -2.22. The summed E-state index contributed by atoms with van der Waals surface area (Å²) in [6.45, 7) is 0.599. The third kappa shape index (κ3) is 2.07. The number of nitrogens with zero attached hydrogens (tertiary/aromatic N) is 1. The summed E-state index contributed by atoms with van der Waals surface area (Å²) in [6, 6.07) is 3.67. The normalized spacial score (nSPS) is 30.9. The molecule has 17 heavy (non-hydrogen) atoms. The van der Waals surface area contributed by atoms with Gasteiger partial charge in [0.2, 0.25) is 0 Å². The average Bonchev–Trinajstić information content (AvgIpc) is 3.02. The van der Waals surface area contributed by atoms with E-state index in [9.17, 15) is 10.1 Å². The number of nitro groups is 1. The molecule has 2 saturated carbocycles. The Balaban J connectivity index is 1.55. The molecule has 2 aliphatic rings. The molecule has 0 spiro atoms. The molecule has 2 bridgehead atoms. The van der Waals surface area contributed by atoms with Crippen LogP contribution in [0, 0.1) is 22.0 Å². The van der Waals surface area contributed by atoms with E-state index in [0.29, 0.717) is 18.3 Å². The number of nitrogens with one attached hydrogen (secondary N) is 1. The fraction of sp³-hybridized carbons (Fsp3) is 0.667. The second-order valence-electron chi connectivity index (χ2n) is 5.16. The molecule has 3 atom stereocenters. The van der Waals surface area contributed by atoms with Gasteiger partial charge in [-0.25, -0.2) is 0 Å². The van der Waals surface area contributed by atoms with Crippen LogP contribution in [-0.2, 0) is 6.54 Å².